The van der Waals surface area contributed by atoms with Gasteiger partial charge in [-0.15, -0.1) is 23.7 Å². The monoisotopic (exact) mass is 269 g/mol. The van der Waals surface area contributed by atoms with E-state index in [9.17, 15) is 0 Å². The van der Waals surface area contributed by atoms with Crippen molar-refractivity contribution in [2.75, 3.05) is 0 Å². The van der Waals surface area contributed by atoms with Crippen molar-refractivity contribution >= 4 is 11.3 Å². The highest BCUT2D eigenvalue weighted by atomic mass is 32.1. The van der Waals surface area contributed by atoms with E-state index in [4.69, 9.17) is 6.42 Å². The molecule has 0 bridgehead atoms. The van der Waals surface area contributed by atoms with Crippen LogP contribution in [-0.2, 0) is 6.54 Å². The summed E-state index contributed by atoms with van der Waals surface area (Å²) in [6.07, 6.45) is 7.24. The molecule has 0 aliphatic carbocycles. The molecule has 0 radical (unpaired) electrons. The molecule has 1 atom stereocenters. The fourth-order valence-corrected chi connectivity index (χ4v) is 2.94. The molecule has 98 valence electrons. The van der Waals surface area contributed by atoms with Gasteiger partial charge in [0.2, 0.25) is 0 Å². The van der Waals surface area contributed by atoms with Crippen LogP contribution in [0.2, 0.25) is 0 Å². The van der Waals surface area contributed by atoms with Crippen molar-refractivity contribution in [3.05, 3.63) is 47.3 Å². The highest BCUT2D eigenvalue weighted by Crippen LogP contribution is 2.27. The highest BCUT2D eigenvalue weighted by molar-refractivity contribution is 7.15. The molecule has 0 spiro atoms. The molecule has 2 rings (SSSR count). The lowest BCUT2D eigenvalue weighted by Crippen LogP contribution is -2.26. The fraction of sp³-hybridized carbons (Fsp3) is 0.294. The predicted molar refractivity (Wildman–Crippen MR) is 84.1 cm³/mol. The van der Waals surface area contributed by atoms with Gasteiger partial charge in [0.1, 0.15) is 0 Å². The fourth-order valence-electron chi connectivity index (χ4n) is 1.98. The highest BCUT2D eigenvalue weighted by Gasteiger charge is 2.06. The van der Waals surface area contributed by atoms with Crippen molar-refractivity contribution in [3.8, 4) is 22.8 Å². The summed E-state index contributed by atoms with van der Waals surface area (Å²) in [6.45, 7) is 3.07. The topological polar surface area (TPSA) is 12.0 Å². The van der Waals surface area contributed by atoms with Crippen LogP contribution in [-0.4, -0.2) is 6.04 Å². The minimum Gasteiger partial charge on any atom is -0.308 e. The molecule has 1 heterocycles. The SMILES string of the molecule is C#CCC(CC)NCc1ccc(-c2ccccc2)s1. The van der Waals surface area contributed by atoms with Gasteiger partial charge in [-0.05, 0) is 24.1 Å². The molecule has 0 saturated heterocycles. The van der Waals surface area contributed by atoms with E-state index in [1.807, 2.05) is 17.4 Å². The third kappa shape index (κ3) is 3.96. The number of hydrogen-bond acceptors (Lipinski definition) is 2. The first-order valence-corrected chi connectivity index (χ1v) is 7.46. The standard InChI is InChI=1S/C17H19NS/c1-3-8-15(4-2)18-13-16-11-12-17(19-16)14-9-6-5-7-10-14/h1,5-7,9-12,15,18H,4,8,13H2,2H3. The van der Waals surface area contributed by atoms with E-state index in [2.05, 4.69) is 54.6 Å². The van der Waals surface area contributed by atoms with Gasteiger partial charge in [0.05, 0.1) is 0 Å². The lowest BCUT2D eigenvalue weighted by Gasteiger charge is -2.12. The van der Waals surface area contributed by atoms with Crippen molar-refractivity contribution < 1.29 is 0 Å². The Morgan fingerprint density at radius 1 is 1.21 bits per heavy atom. The van der Waals surface area contributed by atoms with Crippen LogP contribution in [0.4, 0.5) is 0 Å². The van der Waals surface area contributed by atoms with E-state index < -0.39 is 0 Å². The van der Waals surface area contributed by atoms with E-state index in [1.165, 1.54) is 15.3 Å². The molecule has 0 saturated carbocycles. The van der Waals surface area contributed by atoms with E-state index in [-0.39, 0.29) is 0 Å². The van der Waals surface area contributed by atoms with Crippen LogP contribution >= 0.6 is 11.3 Å². The van der Waals surface area contributed by atoms with Gasteiger partial charge in [-0.3, -0.25) is 0 Å². The smallest absolute Gasteiger partial charge is 0.0346 e. The lowest BCUT2D eigenvalue weighted by atomic mass is 10.1. The van der Waals surface area contributed by atoms with E-state index >= 15 is 0 Å². The summed E-state index contributed by atoms with van der Waals surface area (Å²) in [5, 5.41) is 3.52. The minimum absolute atomic E-state index is 0.423. The molecule has 0 fully saturated rings. The van der Waals surface area contributed by atoms with Crippen LogP contribution in [0.5, 0.6) is 0 Å². The zero-order valence-corrected chi connectivity index (χ0v) is 12.0. The van der Waals surface area contributed by atoms with Crippen molar-refractivity contribution in [2.24, 2.45) is 0 Å². The number of benzene rings is 1. The summed E-state index contributed by atoms with van der Waals surface area (Å²) in [6, 6.07) is 15.3. The summed E-state index contributed by atoms with van der Waals surface area (Å²) in [7, 11) is 0. The summed E-state index contributed by atoms with van der Waals surface area (Å²) in [4.78, 5) is 2.68. The molecule has 0 aliphatic rings. The second-order valence-electron chi connectivity index (χ2n) is 4.53. The quantitative estimate of drug-likeness (QED) is 0.771. The van der Waals surface area contributed by atoms with Gasteiger partial charge in [-0.2, -0.15) is 0 Å². The molecule has 1 aromatic heterocycles. The molecule has 1 aromatic carbocycles. The number of nitrogens with one attached hydrogen (secondary N) is 1. The molecule has 0 amide bonds. The summed E-state index contributed by atoms with van der Waals surface area (Å²) >= 11 is 1.84. The maximum Gasteiger partial charge on any atom is 0.0346 e. The van der Waals surface area contributed by atoms with Crippen LogP contribution in [0, 0.1) is 12.3 Å². The molecule has 19 heavy (non-hydrogen) atoms. The van der Waals surface area contributed by atoms with Crippen molar-refractivity contribution in [2.45, 2.75) is 32.4 Å². The largest absolute Gasteiger partial charge is 0.308 e. The van der Waals surface area contributed by atoms with Gasteiger partial charge in [0, 0.05) is 28.8 Å². The third-order valence-corrected chi connectivity index (χ3v) is 4.28. The Kier molecular flexibility index (Phi) is 5.20. The molecule has 2 aromatic rings. The Balaban J connectivity index is 1.97. The van der Waals surface area contributed by atoms with Crippen LogP contribution in [0.1, 0.15) is 24.6 Å². The van der Waals surface area contributed by atoms with Gasteiger partial charge in [-0.1, -0.05) is 37.3 Å². The molecule has 2 heteroatoms. The maximum absolute atomic E-state index is 5.37. The Hall–Kier alpha value is -1.56. The molecule has 1 nitrogen and oxygen atoms in total. The van der Waals surface area contributed by atoms with Gasteiger partial charge >= 0.3 is 0 Å². The molecule has 1 unspecified atom stereocenters. The average Bonchev–Trinajstić information content (AvgIpc) is 2.93. The van der Waals surface area contributed by atoms with Gasteiger partial charge in [0.15, 0.2) is 0 Å². The first-order chi connectivity index (χ1) is 9.33. The van der Waals surface area contributed by atoms with E-state index in [0.29, 0.717) is 6.04 Å². The van der Waals surface area contributed by atoms with Crippen LogP contribution in [0.15, 0.2) is 42.5 Å². The average molecular weight is 269 g/mol. The normalized spacial score (nSPS) is 12.0. The number of terminal acetylenes is 1. The zero-order chi connectivity index (χ0) is 13.5. The summed E-state index contributed by atoms with van der Waals surface area (Å²) < 4.78 is 0. The molecular formula is C17H19NS. The van der Waals surface area contributed by atoms with Gasteiger partial charge in [0.25, 0.3) is 0 Å². The lowest BCUT2D eigenvalue weighted by molar-refractivity contribution is 0.509. The van der Waals surface area contributed by atoms with Crippen molar-refractivity contribution in [1.82, 2.24) is 5.32 Å². The zero-order valence-electron chi connectivity index (χ0n) is 11.2. The Morgan fingerprint density at radius 2 is 2.00 bits per heavy atom. The van der Waals surface area contributed by atoms with Gasteiger partial charge < -0.3 is 5.32 Å². The summed E-state index contributed by atoms with van der Waals surface area (Å²) in [5.74, 6) is 2.73. The Morgan fingerprint density at radius 3 is 2.68 bits per heavy atom. The van der Waals surface area contributed by atoms with Crippen LogP contribution in [0.3, 0.4) is 0 Å². The van der Waals surface area contributed by atoms with Crippen molar-refractivity contribution in [3.63, 3.8) is 0 Å². The second-order valence-corrected chi connectivity index (χ2v) is 5.69. The number of hydrogen-bond donors (Lipinski definition) is 1. The first kappa shape index (κ1) is 13.9. The summed E-state index contributed by atoms with van der Waals surface area (Å²) in [5.41, 5.74) is 1.29. The maximum atomic E-state index is 5.37. The van der Waals surface area contributed by atoms with E-state index in [0.717, 1.165) is 19.4 Å². The van der Waals surface area contributed by atoms with Crippen LogP contribution in [0.25, 0.3) is 10.4 Å². The third-order valence-electron chi connectivity index (χ3n) is 3.14. The molecule has 1 N–H and O–H groups in total. The molecular weight excluding hydrogens is 250 g/mol. The number of thiophene rings is 1. The minimum atomic E-state index is 0.423. The number of rotatable bonds is 6. The predicted octanol–water partition coefficient (Wildman–Crippen LogP) is 4.31. The Bertz CT molecular complexity index is 536. The second kappa shape index (κ2) is 7.13. The van der Waals surface area contributed by atoms with Crippen LogP contribution < -0.4 is 5.32 Å². The Labute approximate surface area is 119 Å². The molecule has 0 aliphatic heterocycles. The van der Waals surface area contributed by atoms with Gasteiger partial charge in [-0.25, -0.2) is 0 Å². The first-order valence-electron chi connectivity index (χ1n) is 6.64. The van der Waals surface area contributed by atoms with Crippen molar-refractivity contribution in [1.29, 1.82) is 0 Å². The van der Waals surface area contributed by atoms with E-state index in [1.54, 1.807) is 0 Å².